The summed E-state index contributed by atoms with van der Waals surface area (Å²) in [5.74, 6) is 0.742. The molecule has 0 saturated carbocycles. The number of ether oxygens (including phenoxy) is 2. The molecule has 1 spiro atoms. The molecule has 2 aliphatic heterocycles. The Kier molecular flexibility index (Phi) is 5.35. The van der Waals surface area contributed by atoms with Crippen LogP contribution in [-0.2, 0) is 5.41 Å². The molecule has 0 aromatic heterocycles. The molecule has 0 N–H and O–H groups in total. The van der Waals surface area contributed by atoms with E-state index >= 15 is 0 Å². The van der Waals surface area contributed by atoms with Crippen molar-refractivity contribution in [3.05, 3.63) is 134 Å². The van der Waals surface area contributed by atoms with Crippen molar-refractivity contribution in [2.24, 2.45) is 0 Å². The van der Waals surface area contributed by atoms with Gasteiger partial charge in [0.05, 0.1) is 18.1 Å². The Bertz CT molecular complexity index is 1520. The van der Waals surface area contributed by atoms with Crippen LogP contribution in [0.25, 0.3) is 6.08 Å². The molecule has 2 aliphatic rings. The minimum Gasteiger partial charge on any atom is -0.493 e. The van der Waals surface area contributed by atoms with Crippen LogP contribution in [0.2, 0.25) is 0 Å². The van der Waals surface area contributed by atoms with Crippen LogP contribution in [0.5, 0.6) is 11.5 Å². The zero-order valence-corrected chi connectivity index (χ0v) is 21.8. The maximum atomic E-state index is 11.7. The van der Waals surface area contributed by atoms with E-state index in [-0.39, 0.29) is 5.69 Å². The molecule has 1 atom stereocenters. The van der Waals surface area contributed by atoms with E-state index in [0.29, 0.717) is 21.5 Å². The highest BCUT2D eigenvalue weighted by molar-refractivity contribution is 9.10. The smallest absolute Gasteiger partial charge is 0.288 e. The molecule has 184 valence electrons. The number of anilines is 1. The number of hydrogen-bond donors (Lipinski definition) is 0. The van der Waals surface area contributed by atoms with Crippen molar-refractivity contribution in [1.82, 2.24) is 0 Å². The monoisotopic (exact) mass is 554 g/mol. The first-order chi connectivity index (χ1) is 18.0. The number of nitrogens with zero attached hydrogens (tertiary/aromatic N) is 2. The van der Waals surface area contributed by atoms with Gasteiger partial charge in [0.2, 0.25) is 5.72 Å². The molecule has 4 aromatic rings. The van der Waals surface area contributed by atoms with Crippen LogP contribution >= 0.6 is 15.9 Å². The fourth-order valence-corrected chi connectivity index (χ4v) is 6.48. The van der Waals surface area contributed by atoms with E-state index in [1.54, 1.807) is 0 Å². The molecule has 37 heavy (non-hydrogen) atoms. The lowest BCUT2D eigenvalue weighted by molar-refractivity contribution is -0.385. The van der Waals surface area contributed by atoms with Crippen LogP contribution in [0.1, 0.15) is 22.3 Å². The van der Waals surface area contributed by atoms with Crippen molar-refractivity contribution in [2.75, 3.05) is 19.1 Å². The number of nitro groups is 1. The van der Waals surface area contributed by atoms with Gasteiger partial charge < -0.3 is 14.4 Å². The lowest BCUT2D eigenvalue weighted by Gasteiger charge is -2.49. The highest BCUT2D eigenvalue weighted by Crippen LogP contribution is 2.62. The maximum absolute atomic E-state index is 11.7. The van der Waals surface area contributed by atoms with Crippen LogP contribution in [0, 0.1) is 10.1 Å². The molecule has 0 bridgehead atoms. The molecule has 6 nitrogen and oxygen atoms in total. The molecule has 0 radical (unpaired) electrons. The van der Waals surface area contributed by atoms with Gasteiger partial charge in [-0.3, -0.25) is 10.1 Å². The van der Waals surface area contributed by atoms with Crippen molar-refractivity contribution >= 4 is 33.4 Å². The minimum atomic E-state index is -1.05. The van der Waals surface area contributed by atoms with E-state index in [1.165, 1.54) is 13.2 Å². The predicted molar refractivity (Wildman–Crippen MR) is 147 cm³/mol. The first-order valence-corrected chi connectivity index (χ1v) is 12.6. The SMILES string of the molecule is COc1cc([N+](=O)[O-])c(Br)c2c1OC1(C=C2)N(C)c2ccccc2C1(c1ccccc1)c1ccccc1. The van der Waals surface area contributed by atoms with Crippen molar-refractivity contribution in [3.63, 3.8) is 0 Å². The summed E-state index contributed by atoms with van der Waals surface area (Å²) < 4.78 is 13.1. The van der Waals surface area contributed by atoms with E-state index in [4.69, 9.17) is 9.47 Å². The molecular weight excluding hydrogens is 532 g/mol. The number of para-hydroxylation sites is 1. The highest BCUT2D eigenvalue weighted by Gasteiger charge is 2.65. The first-order valence-electron chi connectivity index (χ1n) is 11.8. The van der Waals surface area contributed by atoms with Gasteiger partial charge in [-0.1, -0.05) is 78.9 Å². The zero-order chi connectivity index (χ0) is 25.8. The number of nitro benzene ring substituents is 1. The summed E-state index contributed by atoms with van der Waals surface area (Å²) in [4.78, 5) is 13.5. The summed E-state index contributed by atoms with van der Waals surface area (Å²) in [5, 5.41) is 11.7. The van der Waals surface area contributed by atoms with Crippen LogP contribution in [0.4, 0.5) is 11.4 Å². The third-order valence-corrected chi connectivity index (χ3v) is 8.30. The van der Waals surface area contributed by atoms with Crippen molar-refractivity contribution < 1.29 is 14.4 Å². The van der Waals surface area contributed by atoms with Gasteiger partial charge in [0.1, 0.15) is 9.89 Å². The van der Waals surface area contributed by atoms with Crippen molar-refractivity contribution in [2.45, 2.75) is 11.1 Å². The number of methoxy groups -OCH3 is 1. The molecule has 6 rings (SSSR count). The molecule has 2 heterocycles. The van der Waals surface area contributed by atoms with Crippen molar-refractivity contribution in [3.8, 4) is 11.5 Å². The number of rotatable bonds is 4. The summed E-state index contributed by atoms with van der Waals surface area (Å²) in [5.41, 5.74) is 2.92. The lowest BCUT2D eigenvalue weighted by atomic mass is 9.63. The van der Waals surface area contributed by atoms with Crippen LogP contribution in [0.3, 0.4) is 0 Å². The van der Waals surface area contributed by atoms with Gasteiger partial charge >= 0.3 is 0 Å². The second kappa shape index (κ2) is 8.49. The standard InChI is InChI=1S/C30H23BrN2O4/c1-32-24-16-10-9-15-23(24)30(20-11-5-3-6-12-20,21-13-7-4-8-14-21)29(32)18-17-22-27(31)25(33(34)35)19-26(36-2)28(22)37-29/h3-19H,1-2H3. The van der Waals surface area contributed by atoms with Gasteiger partial charge in [0, 0.05) is 18.3 Å². The number of hydrogen-bond acceptors (Lipinski definition) is 5. The molecule has 0 saturated heterocycles. The molecule has 7 heteroatoms. The van der Waals surface area contributed by atoms with E-state index in [1.807, 2.05) is 67.7 Å². The van der Waals surface area contributed by atoms with Crippen LogP contribution in [-0.4, -0.2) is 24.8 Å². The quantitative estimate of drug-likeness (QED) is 0.201. The Balaban J connectivity index is 1.73. The Morgan fingerprint density at radius 1 is 0.946 bits per heavy atom. The third-order valence-electron chi connectivity index (χ3n) is 7.47. The van der Waals surface area contributed by atoms with Gasteiger partial charge in [0.15, 0.2) is 11.5 Å². The summed E-state index contributed by atoms with van der Waals surface area (Å²) in [7, 11) is 3.52. The average molecular weight is 555 g/mol. The highest BCUT2D eigenvalue weighted by atomic mass is 79.9. The zero-order valence-electron chi connectivity index (χ0n) is 20.2. The maximum Gasteiger partial charge on any atom is 0.288 e. The Morgan fingerprint density at radius 2 is 1.54 bits per heavy atom. The Hall–Kier alpha value is -4.10. The molecule has 1 unspecified atom stereocenters. The lowest BCUT2D eigenvalue weighted by Crippen LogP contribution is -2.61. The summed E-state index contributed by atoms with van der Waals surface area (Å²) in [6.07, 6.45) is 3.92. The molecular formula is C30H23BrN2O4. The molecule has 0 fully saturated rings. The van der Waals surface area contributed by atoms with E-state index in [0.717, 1.165) is 22.4 Å². The third kappa shape index (κ3) is 3.04. The van der Waals surface area contributed by atoms with E-state index < -0.39 is 16.1 Å². The van der Waals surface area contributed by atoms with Gasteiger partial charge in [-0.05, 0) is 50.8 Å². The van der Waals surface area contributed by atoms with Crippen LogP contribution < -0.4 is 14.4 Å². The largest absolute Gasteiger partial charge is 0.493 e. The number of likely N-dealkylation sites (N-methyl/N-ethyl adjacent to an activating group) is 1. The number of halogens is 1. The summed E-state index contributed by atoms with van der Waals surface area (Å²) in [6, 6.07) is 30.4. The number of benzene rings is 4. The Morgan fingerprint density at radius 3 is 2.14 bits per heavy atom. The van der Waals surface area contributed by atoms with E-state index in [2.05, 4.69) is 57.2 Å². The molecule has 0 amide bonds. The van der Waals surface area contributed by atoms with Gasteiger partial charge in [0.25, 0.3) is 5.69 Å². The normalized spacial score (nSPS) is 18.7. The predicted octanol–water partition coefficient (Wildman–Crippen LogP) is 6.95. The summed E-state index contributed by atoms with van der Waals surface area (Å²) in [6.45, 7) is 0. The molecule has 0 aliphatic carbocycles. The molecule has 4 aromatic carbocycles. The second-order valence-corrected chi connectivity index (χ2v) is 9.89. The first kappa shape index (κ1) is 23.3. The van der Waals surface area contributed by atoms with Crippen molar-refractivity contribution in [1.29, 1.82) is 0 Å². The summed E-state index contributed by atoms with van der Waals surface area (Å²) >= 11 is 3.45. The van der Waals surface area contributed by atoms with Gasteiger partial charge in [-0.15, -0.1) is 0 Å². The number of fused-ring (bicyclic) bond motifs is 2. The average Bonchev–Trinajstić information content (AvgIpc) is 3.14. The fourth-order valence-electron chi connectivity index (χ4n) is 5.90. The second-order valence-electron chi connectivity index (χ2n) is 9.10. The Labute approximate surface area is 223 Å². The topological polar surface area (TPSA) is 64.8 Å². The van der Waals surface area contributed by atoms with Gasteiger partial charge in [-0.25, -0.2) is 0 Å². The fraction of sp³-hybridized carbons (Fsp3) is 0.133. The minimum absolute atomic E-state index is 0.0831. The van der Waals surface area contributed by atoms with Gasteiger partial charge in [-0.2, -0.15) is 0 Å². The van der Waals surface area contributed by atoms with Crippen LogP contribution in [0.15, 0.2) is 102 Å². The van der Waals surface area contributed by atoms with E-state index in [9.17, 15) is 10.1 Å².